The molecular formula is C14H16F3NO2. The fourth-order valence-corrected chi connectivity index (χ4v) is 1.37. The molecule has 1 amide bonds. The number of carbonyl (C=O) groups is 1. The van der Waals surface area contributed by atoms with Crippen molar-refractivity contribution in [3.05, 3.63) is 41.5 Å². The molecule has 0 heterocycles. The topological polar surface area (TPSA) is 49.3 Å². The fraction of sp³-hybridized carbons (Fsp3) is 0.357. The number of halogens is 3. The molecule has 0 saturated heterocycles. The summed E-state index contributed by atoms with van der Waals surface area (Å²) in [5.74, 6) is -0.427. The molecule has 0 atom stereocenters. The highest BCUT2D eigenvalue weighted by Gasteiger charge is 2.29. The molecule has 0 aliphatic carbocycles. The van der Waals surface area contributed by atoms with Crippen molar-refractivity contribution >= 4 is 12.0 Å². The van der Waals surface area contributed by atoms with E-state index in [0.717, 1.165) is 12.1 Å². The Morgan fingerprint density at radius 2 is 1.80 bits per heavy atom. The summed E-state index contributed by atoms with van der Waals surface area (Å²) in [6.07, 6.45) is -1.76. The van der Waals surface area contributed by atoms with Crippen LogP contribution in [-0.2, 0) is 11.0 Å². The number of amides is 1. The maximum Gasteiger partial charge on any atom is 0.416 e. The summed E-state index contributed by atoms with van der Waals surface area (Å²) in [5, 5.41) is 11.5. The van der Waals surface area contributed by atoms with Gasteiger partial charge in [-0.05, 0) is 37.6 Å². The molecule has 0 aliphatic rings. The minimum absolute atomic E-state index is 0.215. The second-order valence-corrected chi connectivity index (χ2v) is 4.98. The van der Waals surface area contributed by atoms with Gasteiger partial charge in [0.2, 0.25) is 5.91 Å². The Morgan fingerprint density at radius 3 is 2.25 bits per heavy atom. The normalized spacial score (nSPS) is 12.7. The summed E-state index contributed by atoms with van der Waals surface area (Å²) in [6.45, 7) is 3.08. The van der Waals surface area contributed by atoms with Crippen LogP contribution in [0, 0.1) is 0 Å². The van der Waals surface area contributed by atoms with Gasteiger partial charge in [0.1, 0.15) is 0 Å². The monoisotopic (exact) mass is 287 g/mol. The number of hydrogen-bond acceptors (Lipinski definition) is 2. The first-order chi connectivity index (χ1) is 9.14. The van der Waals surface area contributed by atoms with Gasteiger partial charge in [0.15, 0.2) is 0 Å². The Labute approximate surface area is 115 Å². The van der Waals surface area contributed by atoms with Crippen molar-refractivity contribution in [2.24, 2.45) is 0 Å². The summed E-state index contributed by atoms with van der Waals surface area (Å²) < 4.78 is 37.1. The number of nitrogens with one attached hydrogen (secondary N) is 1. The third-order valence-electron chi connectivity index (χ3n) is 2.52. The number of aliphatic hydroxyl groups excluding tert-OH is 1. The number of hydrogen-bond donors (Lipinski definition) is 2. The number of rotatable bonds is 4. The SMILES string of the molecule is CC(C)(CO)NC(=O)/C=C/c1ccc(C(F)(F)F)cc1. The van der Waals surface area contributed by atoms with E-state index in [0.29, 0.717) is 5.56 Å². The molecule has 20 heavy (non-hydrogen) atoms. The minimum atomic E-state index is -4.37. The quantitative estimate of drug-likeness (QED) is 0.836. The van der Waals surface area contributed by atoms with Gasteiger partial charge in [-0.25, -0.2) is 0 Å². The van der Waals surface area contributed by atoms with Gasteiger partial charge in [-0.3, -0.25) is 4.79 Å². The lowest BCUT2D eigenvalue weighted by Crippen LogP contribution is -2.45. The smallest absolute Gasteiger partial charge is 0.394 e. The van der Waals surface area contributed by atoms with Crippen LogP contribution in [0.25, 0.3) is 6.08 Å². The predicted octanol–water partition coefficient (Wildman–Crippen LogP) is 2.61. The molecule has 0 fully saturated rings. The van der Waals surface area contributed by atoms with Gasteiger partial charge in [-0.15, -0.1) is 0 Å². The van der Waals surface area contributed by atoms with E-state index in [2.05, 4.69) is 5.32 Å². The lowest BCUT2D eigenvalue weighted by molar-refractivity contribution is -0.137. The van der Waals surface area contributed by atoms with E-state index < -0.39 is 23.2 Å². The minimum Gasteiger partial charge on any atom is -0.394 e. The Hall–Kier alpha value is -1.82. The molecule has 0 saturated carbocycles. The first-order valence-electron chi connectivity index (χ1n) is 5.92. The summed E-state index contributed by atoms with van der Waals surface area (Å²) in [7, 11) is 0. The lowest BCUT2D eigenvalue weighted by atomic mass is 10.1. The molecule has 6 heteroatoms. The molecule has 1 aromatic carbocycles. The number of benzene rings is 1. The standard InChI is InChI=1S/C14H16F3NO2/c1-13(2,9-19)18-12(20)8-5-10-3-6-11(7-4-10)14(15,16)17/h3-8,19H,9H2,1-2H3,(H,18,20)/b8-5+. The lowest BCUT2D eigenvalue weighted by Gasteiger charge is -2.22. The summed E-state index contributed by atoms with van der Waals surface area (Å²) in [5.41, 5.74) is -1.00. The third-order valence-corrected chi connectivity index (χ3v) is 2.52. The van der Waals surface area contributed by atoms with E-state index in [4.69, 9.17) is 5.11 Å². The highest BCUT2D eigenvalue weighted by Crippen LogP contribution is 2.29. The van der Waals surface area contributed by atoms with Gasteiger partial charge in [0, 0.05) is 6.08 Å². The average Bonchev–Trinajstić information content (AvgIpc) is 2.35. The van der Waals surface area contributed by atoms with Crippen molar-refractivity contribution in [3.63, 3.8) is 0 Å². The van der Waals surface area contributed by atoms with Crippen LogP contribution < -0.4 is 5.32 Å². The summed E-state index contributed by atoms with van der Waals surface area (Å²) >= 11 is 0. The van der Waals surface area contributed by atoms with Gasteiger partial charge >= 0.3 is 6.18 Å². The van der Waals surface area contributed by atoms with E-state index in [1.165, 1.54) is 24.3 Å². The van der Waals surface area contributed by atoms with E-state index in [-0.39, 0.29) is 6.61 Å². The maximum atomic E-state index is 12.4. The van der Waals surface area contributed by atoms with Crippen LogP contribution in [0.5, 0.6) is 0 Å². The number of alkyl halides is 3. The van der Waals surface area contributed by atoms with Crippen LogP contribution in [0.3, 0.4) is 0 Å². The first-order valence-corrected chi connectivity index (χ1v) is 5.92. The van der Waals surface area contributed by atoms with Crippen LogP contribution >= 0.6 is 0 Å². The predicted molar refractivity (Wildman–Crippen MR) is 69.8 cm³/mol. The number of aliphatic hydroxyl groups is 1. The van der Waals surface area contributed by atoms with Gasteiger partial charge < -0.3 is 10.4 Å². The Kier molecular flexibility index (Phi) is 4.94. The molecule has 0 spiro atoms. The molecule has 0 aromatic heterocycles. The molecule has 0 radical (unpaired) electrons. The van der Waals surface area contributed by atoms with Gasteiger partial charge in [-0.2, -0.15) is 13.2 Å². The van der Waals surface area contributed by atoms with Crippen molar-refractivity contribution in [2.75, 3.05) is 6.61 Å². The first kappa shape index (κ1) is 16.2. The molecule has 3 nitrogen and oxygen atoms in total. The summed E-state index contributed by atoms with van der Waals surface area (Å²) in [4.78, 5) is 11.5. The summed E-state index contributed by atoms with van der Waals surface area (Å²) in [6, 6.07) is 4.47. The molecule has 2 N–H and O–H groups in total. The molecule has 110 valence electrons. The largest absolute Gasteiger partial charge is 0.416 e. The number of carbonyl (C=O) groups excluding carboxylic acids is 1. The Bertz CT molecular complexity index is 490. The van der Waals surface area contributed by atoms with Crippen molar-refractivity contribution < 1.29 is 23.1 Å². The molecule has 0 aliphatic heterocycles. The van der Waals surface area contributed by atoms with Gasteiger partial charge in [0.05, 0.1) is 17.7 Å². The highest BCUT2D eigenvalue weighted by atomic mass is 19.4. The van der Waals surface area contributed by atoms with E-state index >= 15 is 0 Å². The van der Waals surface area contributed by atoms with Crippen LogP contribution in [-0.4, -0.2) is 23.2 Å². The molecule has 0 unspecified atom stereocenters. The Balaban J connectivity index is 2.69. The maximum absolute atomic E-state index is 12.4. The van der Waals surface area contributed by atoms with Crippen molar-refractivity contribution in [1.82, 2.24) is 5.32 Å². The third kappa shape index (κ3) is 5.05. The van der Waals surface area contributed by atoms with Crippen LogP contribution in [0.15, 0.2) is 30.3 Å². The second-order valence-electron chi connectivity index (χ2n) is 4.98. The molecular weight excluding hydrogens is 271 g/mol. The molecule has 1 rings (SSSR count). The second kappa shape index (κ2) is 6.09. The Morgan fingerprint density at radius 1 is 1.25 bits per heavy atom. The van der Waals surface area contributed by atoms with E-state index in [1.807, 2.05) is 0 Å². The van der Waals surface area contributed by atoms with Crippen LogP contribution in [0.1, 0.15) is 25.0 Å². The van der Waals surface area contributed by atoms with Gasteiger partial charge in [-0.1, -0.05) is 12.1 Å². The fourth-order valence-electron chi connectivity index (χ4n) is 1.37. The average molecular weight is 287 g/mol. The van der Waals surface area contributed by atoms with Crippen LogP contribution in [0.4, 0.5) is 13.2 Å². The molecule has 0 bridgehead atoms. The zero-order chi connectivity index (χ0) is 15.4. The van der Waals surface area contributed by atoms with E-state index in [1.54, 1.807) is 13.8 Å². The van der Waals surface area contributed by atoms with Crippen molar-refractivity contribution in [1.29, 1.82) is 0 Å². The highest BCUT2D eigenvalue weighted by molar-refractivity contribution is 5.92. The van der Waals surface area contributed by atoms with Crippen molar-refractivity contribution in [3.8, 4) is 0 Å². The zero-order valence-electron chi connectivity index (χ0n) is 11.2. The molecule has 1 aromatic rings. The zero-order valence-corrected chi connectivity index (χ0v) is 11.2. The van der Waals surface area contributed by atoms with Gasteiger partial charge in [0.25, 0.3) is 0 Å². The van der Waals surface area contributed by atoms with Crippen LogP contribution in [0.2, 0.25) is 0 Å². The van der Waals surface area contributed by atoms with E-state index in [9.17, 15) is 18.0 Å². The van der Waals surface area contributed by atoms with Crippen molar-refractivity contribution in [2.45, 2.75) is 25.6 Å².